The maximum absolute atomic E-state index is 13.2. The summed E-state index contributed by atoms with van der Waals surface area (Å²) in [6.45, 7) is 3.21. The van der Waals surface area contributed by atoms with Crippen LogP contribution in [0.1, 0.15) is 23.6 Å². The molecule has 3 rings (SSSR count). The van der Waals surface area contributed by atoms with E-state index in [0.717, 1.165) is 11.6 Å². The smallest absolute Gasteiger partial charge is 0.401 e. The van der Waals surface area contributed by atoms with Crippen LogP contribution in [0, 0.1) is 6.92 Å². The van der Waals surface area contributed by atoms with Crippen molar-refractivity contribution >= 4 is 11.5 Å². The van der Waals surface area contributed by atoms with Crippen molar-refractivity contribution in [1.29, 1.82) is 0 Å². The molecule has 2 heterocycles. The van der Waals surface area contributed by atoms with Gasteiger partial charge in [0.1, 0.15) is 5.82 Å². The SMILES string of the molecule is C/C(N)=c1\ncc(-c2ccc(=O)n(C)c2)c\c1=C(\N)NCc1cccc(C(F)(F)F)c1C. The number of hydrogen-bond donors (Lipinski definition) is 3. The van der Waals surface area contributed by atoms with Crippen LogP contribution >= 0.6 is 0 Å². The van der Waals surface area contributed by atoms with Gasteiger partial charge in [0.05, 0.1) is 10.9 Å². The predicted molar refractivity (Wildman–Crippen MR) is 118 cm³/mol. The van der Waals surface area contributed by atoms with E-state index in [1.54, 1.807) is 44.6 Å². The van der Waals surface area contributed by atoms with E-state index in [1.165, 1.54) is 23.6 Å². The molecule has 32 heavy (non-hydrogen) atoms. The number of nitrogens with two attached hydrogens (primary N) is 2. The van der Waals surface area contributed by atoms with Crippen LogP contribution in [0.5, 0.6) is 0 Å². The highest BCUT2D eigenvalue weighted by Crippen LogP contribution is 2.32. The molecule has 0 aliphatic rings. The van der Waals surface area contributed by atoms with Crippen LogP contribution in [0.2, 0.25) is 0 Å². The van der Waals surface area contributed by atoms with Crippen molar-refractivity contribution in [2.75, 3.05) is 0 Å². The Hall–Kier alpha value is -3.75. The fourth-order valence-electron chi connectivity index (χ4n) is 3.37. The molecule has 1 aromatic carbocycles. The third-order valence-electron chi connectivity index (χ3n) is 5.19. The second-order valence-corrected chi connectivity index (χ2v) is 7.52. The van der Waals surface area contributed by atoms with Crippen LogP contribution in [-0.2, 0) is 19.8 Å². The number of rotatable bonds is 4. The minimum absolute atomic E-state index is 0.0920. The molecule has 0 fully saturated rings. The Kier molecular flexibility index (Phi) is 6.29. The monoisotopic (exact) mass is 443 g/mol. The quantitative estimate of drug-likeness (QED) is 0.570. The average molecular weight is 443 g/mol. The molecule has 0 bridgehead atoms. The third-order valence-corrected chi connectivity index (χ3v) is 5.19. The lowest BCUT2D eigenvalue weighted by molar-refractivity contribution is -0.138. The summed E-state index contributed by atoms with van der Waals surface area (Å²) >= 11 is 0. The number of aryl methyl sites for hydroxylation is 1. The fraction of sp³-hybridized carbons (Fsp3) is 0.217. The summed E-state index contributed by atoms with van der Waals surface area (Å²) in [4.78, 5) is 16.1. The first-order valence-corrected chi connectivity index (χ1v) is 9.78. The van der Waals surface area contributed by atoms with Crippen LogP contribution in [0.25, 0.3) is 22.6 Å². The van der Waals surface area contributed by atoms with Gasteiger partial charge in [0.25, 0.3) is 0 Å². The van der Waals surface area contributed by atoms with Gasteiger partial charge in [0.15, 0.2) is 0 Å². The predicted octanol–water partition coefficient (Wildman–Crippen LogP) is 1.68. The van der Waals surface area contributed by atoms with Crippen molar-refractivity contribution < 1.29 is 13.2 Å². The van der Waals surface area contributed by atoms with Gasteiger partial charge >= 0.3 is 6.18 Å². The molecule has 9 heteroatoms. The first-order valence-electron chi connectivity index (χ1n) is 9.78. The largest absolute Gasteiger partial charge is 0.416 e. The number of nitrogens with one attached hydrogen (secondary N) is 1. The van der Waals surface area contributed by atoms with E-state index in [0.29, 0.717) is 27.4 Å². The van der Waals surface area contributed by atoms with Gasteiger partial charge in [-0.25, -0.2) is 0 Å². The molecule has 0 aliphatic heterocycles. The zero-order valence-electron chi connectivity index (χ0n) is 17.9. The molecule has 0 unspecified atom stereocenters. The highest BCUT2D eigenvalue weighted by atomic mass is 19.4. The molecule has 0 radical (unpaired) electrons. The zero-order valence-corrected chi connectivity index (χ0v) is 17.9. The lowest BCUT2D eigenvalue weighted by Crippen LogP contribution is -2.39. The van der Waals surface area contributed by atoms with Crippen molar-refractivity contribution in [3.63, 3.8) is 0 Å². The Balaban J connectivity index is 2.05. The molecule has 0 aliphatic carbocycles. The van der Waals surface area contributed by atoms with E-state index >= 15 is 0 Å². The molecule has 0 amide bonds. The summed E-state index contributed by atoms with van der Waals surface area (Å²) in [6.07, 6.45) is -1.13. The molecule has 0 saturated carbocycles. The summed E-state index contributed by atoms with van der Waals surface area (Å²) in [6, 6.07) is 8.94. The summed E-state index contributed by atoms with van der Waals surface area (Å²) < 4.78 is 41.0. The lowest BCUT2D eigenvalue weighted by atomic mass is 10.0. The van der Waals surface area contributed by atoms with Crippen molar-refractivity contribution in [3.05, 3.63) is 86.4 Å². The molecule has 3 aromatic rings. The Morgan fingerprint density at radius 2 is 1.88 bits per heavy atom. The molecule has 6 nitrogen and oxygen atoms in total. The maximum atomic E-state index is 13.2. The van der Waals surface area contributed by atoms with E-state index < -0.39 is 11.7 Å². The number of pyridine rings is 2. The van der Waals surface area contributed by atoms with Crippen LogP contribution in [0.3, 0.4) is 0 Å². The topological polar surface area (TPSA) is 99.0 Å². The average Bonchev–Trinajstić information content (AvgIpc) is 2.73. The van der Waals surface area contributed by atoms with Crippen molar-refractivity contribution in [1.82, 2.24) is 14.9 Å². The lowest BCUT2D eigenvalue weighted by Gasteiger charge is -2.15. The van der Waals surface area contributed by atoms with Crippen LogP contribution in [-0.4, -0.2) is 9.55 Å². The Bertz CT molecular complexity index is 1340. The van der Waals surface area contributed by atoms with E-state index in [9.17, 15) is 18.0 Å². The van der Waals surface area contributed by atoms with Gasteiger partial charge in [-0.1, -0.05) is 12.1 Å². The number of benzene rings is 1. The van der Waals surface area contributed by atoms with Crippen LogP contribution in [0.15, 0.2) is 53.6 Å². The minimum atomic E-state index is -4.43. The Labute approximate surface area is 182 Å². The highest BCUT2D eigenvalue weighted by molar-refractivity contribution is 5.62. The first kappa shape index (κ1) is 22.9. The summed E-state index contributed by atoms with van der Waals surface area (Å²) in [5.41, 5.74) is 13.9. The van der Waals surface area contributed by atoms with Gasteiger partial charge < -0.3 is 21.4 Å². The molecular weight excluding hydrogens is 419 g/mol. The van der Waals surface area contributed by atoms with Gasteiger partial charge in [-0.05, 0) is 48.7 Å². The van der Waals surface area contributed by atoms with E-state index in [1.807, 2.05) is 0 Å². The van der Waals surface area contributed by atoms with E-state index in [2.05, 4.69) is 10.3 Å². The standard InChI is InChI=1S/C23H24F3N5O/c1-13-15(5-4-6-19(13)23(24,25)26)10-30-22(28)18-9-17(11-29-21(18)14(2)27)16-7-8-20(32)31(3)12-16/h4-9,11-12,30H,10,27-28H2,1-3H3/b21-14+,22-18+. The first-order chi connectivity index (χ1) is 15.0. The van der Waals surface area contributed by atoms with Crippen molar-refractivity contribution in [3.8, 4) is 11.1 Å². The van der Waals surface area contributed by atoms with Gasteiger partial charge in [-0.2, -0.15) is 13.2 Å². The zero-order chi connectivity index (χ0) is 23.6. The molecule has 168 valence electrons. The molecule has 2 aromatic heterocycles. The third kappa shape index (κ3) is 4.77. The number of hydrogen-bond acceptors (Lipinski definition) is 5. The highest BCUT2D eigenvalue weighted by Gasteiger charge is 2.32. The number of aromatic nitrogens is 2. The Morgan fingerprint density at radius 3 is 2.50 bits per heavy atom. The summed E-state index contributed by atoms with van der Waals surface area (Å²) in [5.74, 6) is 0.223. The van der Waals surface area contributed by atoms with Crippen LogP contribution in [0.4, 0.5) is 13.2 Å². The normalized spacial score (nSPS) is 13.6. The van der Waals surface area contributed by atoms with E-state index in [-0.39, 0.29) is 23.5 Å². The van der Waals surface area contributed by atoms with Crippen molar-refractivity contribution in [2.45, 2.75) is 26.6 Å². The fourth-order valence-corrected chi connectivity index (χ4v) is 3.37. The molecule has 0 atom stereocenters. The minimum Gasteiger partial charge on any atom is -0.401 e. The van der Waals surface area contributed by atoms with Crippen molar-refractivity contribution in [2.24, 2.45) is 18.5 Å². The maximum Gasteiger partial charge on any atom is 0.416 e. The van der Waals surface area contributed by atoms with Crippen LogP contribution < -0.4 is 32.9 Å². The van der Waals surface area contributed by atoms with Gasteiger partial charge in [0.2, 0.25) is 5.56 Å². The summed E-state index contributed by atoms with van der Waals surface area (Å²) in [7, 11) is 1.64. The van der Waals surface area contributed by atoms with Gasteiger partial charge in [0, 0.05) is 48.5 Å². The summed E-state index contributed by atoms with van der Waals surface area (Å²) in [5, 5.41) is 3.97. The van der Waals surface area contributed by atoms with E-state index in [4.69, 9.17) is 11.5 Å². The second-order valence-electron chi connectivity index (χ2n) is 7.52. The van der Waals surface area contributed by atoms with Gasteiger partial charge in [-0.3, -0.25) is 9.78 Å². The molecule has 5 N–H and O–H groups in total. The van der Waals surface area contributed by atoms with Gasteiger partial charge in [-0.15, -0.1) is 0 Å². The molecule has 0 saturated heterocycles. The second kappa shape index (κ2) is 8.78. The number of alkyl halides is 3. The molecule has 0 spiro atoms. The Morgan fingerprint density at radius 1 is 1.16 bits per heavy atom. The number of nitrogens with zero attached hydrogens (tertiary/aromatic N) is 2. The number of halogens is 3. The molecular formula is C23H24F3N5O.